The van der Waals surface area contributed by atoms with Gasteiger partial charge in [-0.25, -0.2) is 9.18 Å². The molecule has 0 saturated carbocycles. The van der Waals surface area contributed by atoms with Crippen molar-refractivity contribution in [3.05, 3.63) is 69.9 Å². The summed E-state index contributed by atoms with van der Waals surface area (Å²) in [6, 6.07) is 8.14. The highest BCUT2D eigenvalue weighted by Crippen LogP contribution is 2.31. The Morgan fingerprint density at radius 1 is 1.42 bits per heavy atom. The van der Waals surface area contributed by atoms with E-state index in [-0.39, 0.29) is 29.6 Å². The maximum Gasteiger partial charge on any atom is 0.315 e. The minimum atomic E-state index is -0.634. The van der Waals surface area contributed by atoms with E-state index >= 15 is 0 Å². The summed E-state index contributed by atoms with van der Waals surface area (Å²) < 4.78 is 13.5. The topological polar surface area (TPSA) is 75.5 Å². The van der Waals surface area contributed by atoms with E-state index in [9.17, 15) is 14.0 Å². The highest BCUT2D eigenvalue weighted by atomic mass is 35.5. The number of urea groups is 1. The van der Waals surface area contributed by atoms with Crippen LogP contribution >= 0.6 is 11.6 Å². The van der Waals surface area contributed by atoms with Crippen molar-refractivity contribution in [1.82, 2.24) is 15.6 Å². The first-order chi connectivity index (χ1) is 12.5. The molecule has 2 N–H and O–H groups in total. The van der Waals surface area contributed by atoms with E-state index in [1.165, 1.54) is 18.2 Å². The van der Waals surface area contributed by atoms with Crippen LogP contribution in [0.2, 0.25) is 5.02 Å². The zero-order valence-electron chi connectivity index (χ0n) is 13.5. The van der Waals surface area contributed by atoms with Crippen LogP contribution in [0.3, 0.4) is 0 Å². The molecule has 2 atom stereocenters. The third kappa shape index (κ3) is 3.81. The molecule has 0 aliphatic carbocycles. The van der Waals surface area contributed by atoms with Crippen LogP contribution in [0.25, 0.3) is 4.85 Å². The average Bonchev–Trinajstić information content (AvgIpc) is 3.08. The lowest BCUT2D eigenvalue weighted by Crippen LogP contribution is -2.35. The van der Waals surface area contributed by atoms with Crippen LogP contribution in [0.4, 0.5) is 15.0 Å². The quantitative estimate of drug-likeness (QED) is 0.791. The summed E-state index contributed by atoms with van der Waals surface area (Å²) in [7, 11) is 0. The summed E-state index contributed by atoms with van der Waals surface area (Å²) in [4.78, 5) is 31.4. The number of amides is 2. The lowest BCUT2D eigenvalue weighted by atomic mass is 9.88. The van der Waals surface area contributed by atoms with Crippen LogP contribution in [-0.2, 0) is 4.79 Å². The van der Waals surface area contributed by atoms with Crippen molar-refractivity contribution in [3.63, 3.8) is 0 Å². The number of carbonyl (C=O) groups excluding carboxylic acids is 2. The molecule has 1 unspecified atom stereocenters. The zero-order valence-corrected chi connectivity index (χ0v) is 14.3. The van der Waals surface area contributed by atoms with E-state index in [1.807, 2.05) is 0 Å². The van der Waals surface area contributed by atoms with Crippen molar-refractivity contribution in [3.8, 4) is 0 Å². The van der Waals surface area contributed by atoms with Gasteiger partial charge in [-0.05, 0) is 29.8 Å². The number of Topliss-reactive ketones (excluding diaryl/α,β-unsaturated/α-hetero) is 1. The van der Waals surface area contributed by atoms with Crippen LogP contribution in [0, 0.1) is 12.4 Å². The van der Waals surface area contributed by atoms with Gasteiger partial charge in [-0.2, -0.15) is 0 Å². The lowest BCUT2D eigenvalue weighted by molar-refractivity contribution is -0.120. The molecule has 1 aliphatic rings. The summed E-state index contributed by atoms with van der Waals surface area (Å²) in [5, 5.41) is 5.03. The Kier molecular flexibility index (Phi) is 5.14. The van der Waals surface area contributed by atoms with E-state index in [0.717, 1.165) is 0 Å². The van der Waals surface area contributed by atoms with Gasteiger partial charge in [-0.3, -0.25) is 4.79 Å². The molecule has 1 aromatic carbocycles. The number of aromatic nitrogens is 1. The first kappa shape index (κ1) is 17.8. The summed E-state index contributed by atoms with van der Waals surface area (Å²) in [5.41, 5.74) is 1.11. The summed E-state index contributed by atoms with van der Waals surface area (Å²) in [5.74, 6) is -1.07. The molecule has 1 aliphatic heterocycles. The maximum absolute atomic E-state index is 13.5. The maximum atomic E-state index is 13.5. The van der Waals surface area contributed by atoms with Gasteiger partial charge in [0.1, 0.15) is 17.6 Å². The Balaban J connectivity index is 1.95. The predicted octanol–water partition coefficient (Wildman–Crippen LogP) is 3.20. The second-order valence-electron chi connectivity index (χ2n) is 5.84. The normalized spacial score (nSPS) is 17.1. The van der Waals surface area contributed by atoms with Crippen molar-refractivity contribution in [1.29, 1.82) is 0 Å². The fraction of sp³-hybridized carbons (Fsp3) is 0.222. The van der Waals surface area contributed by atoms with Gasteiger partial charge >= 0.3 is 6.03 Å². The second-order valence-corrected chi connectivity index (χ2v) is 6.24. The van der Waals surface area contributed by atoms with Gasteiger partial charge in [0.15, 0.2) is 5.78 Å². The summed E-state index contributed by atoms with van der Waals surface area (Å²) in [6.07, 6.45) is 0.0308. The van der Waals surface area contributed by atoms with Gasteiger partial charge in [0.05, 0.1) is 10.9 Å². The number of ketones is 1. The number of nitrogens with zero attached hydrogens (tertiary/aromatic N) is 2. The Labute approximate surface area is 154 Å². The molecule has 1 fully saturated rings. The predicted molar refractivity (Wildman–Crippen MR) is 93.7 cm³/mol. The number of pyridine rings is 1. The number of hydrogen-bond donors (Lipinski definition) is 2. The van der Waals surface area contributed by atoms with Gasteiger partial charge in [0.2, 0.25) is 0 Å². The van der Waals surface area contributed by atoms with E-state index in [4.69, 9.17) is 18.2 Å². The number of hydrogen-bond acceptors (Lipinski definition) is 3. The molecule has 0 bridgehead atoms. The molecule has 6 nitrogen and oxygen atoms in total. The van der Waals surface area contributed by atoms with Gasteiger partial charge in [-0.15, -0.1) is 4.98 Å². The average molecular weight is 373 g/mol. The number of benzene rings is 1. The first-order valence-corrected chi connectivity index (χ1v) is 8.22. The minimum absolute atomic E-state index is 0.0308. The number of carbonyl (C=O) groups is 2. The van der Waals surface area contributed by atoms with Gasteiger partial charge in [-0.1, -0.05) is 30.3 Å². The van der Waals surface area contributed by atoms with Crippen molar-refractivity contribution in [2.75, 3.05) is 6.54 Å². The van der Waals surface area contributed by atoms with Crippen LogP contribution in [0.15, 0.2) is 36.4 Å². The molecule has 1 aromatic heterocycles. The minimum Gasteiger partial charge on any atom is -0.361 e. The Bertz CT molecular complexity index is 912. The summed E-state index contributed by atoms with van der Waals surface area (Å²) in [6.45, 7) is 7.33. The fourth-order valence-corrected chi connectivity index (χ4v) is 3.00. The van der Waals surface area contributed by atoms with E-state index in [1.54, 1.807) is 18.2 Å². The van der Waals surface area contributed by atoms with Crippen LogP contribution in [0.5, 0.6) is 0 Å². The SMILES string of the molecule is [C-]#[N+]c1cccc(C(CC(=O)[C@@H]2CNC(=O)N2)c2ccc(F)c(Cl)c2)n1. The van der Waals surface area contributed by atoms with Crippen LogP contribution in [0.1, 0.15) is 23.6 Å². The van der Waals surface area contributed by atoms with Crippen molar-refractivity contribution < 1.29 is 14.0 Å². The molecule has 1 saturated heterocycles. The molecule has 0 spiro atoms. The molecule has 2 heterocycles. The highest BCUT2D eigenvalue weighted by molar-refractivity contribution is 6.30. The molecule has 26 heavy (non-hydrogen) atoms. The van der Waals surface area contributed by atoms with Gasteiger partial charge in [0, 0.05) is 13.0 Å². The molecule has 132 valence electrons. The fourth-order valence-electron chi connectivity index (χ4n) is 2.81. The number of halogens is 2. The summed E-state index contributed by atoms with van der Waals surface area (Å²) >= 11 is 5.89. The Morgan fingerprint density at radius 3 is 2.88 bits per heavy atom. The van der Waals surface area contributed by atoms with Crippen molar-refractivity contribution in [2.45, 2.75) is 18.4 Å². The van der Waals surface area contributed by atoms with E-state index in [0.29, 0.717) is 11.3 Å². The Hall–Kier alpha value is -2.98. The van der Waals surface area contributed by atoms with Crippen LogP contribution in [-0.4, -0.2) is 29.4 Å². The smallest absolute Gasteiger partial charge is 0.315 e. The van der Waals surface area contributed by atoms with Gasteiger partial charge in [0.25, 0.3) is 5.82 Å². The monoisotopic (exact) mass is 372 g/mol. The largest absolute Gasteiger partial charge is 0.361 e. The molecule has 2 aromatic rings. The van der Waals surface area contributed by atoms with Gasteiger partial charge < -0.3 is 15.5 Å². The van der Waals surface area contributed by atoms with E-state index < -0.39 is 23.8 Å². The van der Waals surface area contributed by atoms with E-state index in [2.05, 4.69) is 20.5 Å². The molecular formula is C18H14ClFN4O2. The number of nitrogens with one attached hydrogen (secondary N) is 2. The first-order valence-electron chi connectivity index (χ1n) is 7.84. The third-order valence-electron chi connectivity index (χ3n) is 4.14. The molecular weight excluding hydrogens is 359 g/mol. The highest BCUT2D eigenvalue weighted by Gasteiger charge is 2.31. The molecule has 0 radical (unpaired) electrons. The molecule has 3 rings (SSSR count). The van der Waals surface area contributed by atoms with Crippen LogP contribution < -0.4 is 10.6 Å². The second kappa shape index (κ2) is 7.50. The lowest BCUT2D eigenvalue weighted by Gasteiger charge is -2.17. The van der Waals surface area contributed by atoms with Crippen molar-refractivity contribution in [2.24, 2.45) is 0 Å². The molecule has 8 heteroatoms. The molecule has 2 amide bonds. The van der Waals surface area contributed by atoms with Crippen molar-refractivity contribution >= 4 is 29.2 Å². The number of rotatable bonds is 5. The Morgan fingerprint density at radius 2 is 2.23 bits per heavy atom. The zero-order chi connectivity index (χ0) is 18.7. The standard InChI is InChI=1S/C18H14ClFN4O2/c1-21-17-4-2-3-14(23-17)11(10-5-6-13(20)12(19)7-10)8-16(25)15-9-22-18(26)24-15/h2-7,11,15H,8-9H2,(H2,22,24,26)/t11?,15-/m0/s1. The third-order valence-corrected chi connectivity index (χ3v) is 4.43.